The minimum atomic E-state index is -5.15. The van der Waals surface area contributed by atoms with Crippen LogP contribution in [0.15, 0.2) is 120 Å². The number of hydrogen-bond donors (Lipinski definition) is 7. The van der Waals surface area contributed by atoms with Crippen LogP contribution in [-0.2, 0) is 44.3 Å². The molecule has 4 aromatic carbocycles. The lowest BCUT2D eigenvalue weighted by Gasteiger charge is -2.66. The van der Waals surface area contributed by atoms with Crippen LogP contribution in [-0.4, -0.2) is 103 Å². The molecule has 8 rings (SSSR count). The first kappa shape index (κ1) is 50.2. The number of aliphatic hydroxyl groups excluding tert-OH is 1. The summed E-state index contributed by atoms with van der Waals surface area (Å²) in [4.78, 5) is 91.6. The number of nitrogens with two attached hydrogens (primary N) is 1. The van der Waals surface area contributed by atoms with Gasteiger partial charge in [-0.25, -0.2) is 14.2 Å². The lowest BCUT2D eigenvalue weighted by atomic mass is 9.45. The van der Waals surface area contributed by atoms with Crippen molar-refractivity contribution in [1.82, 2.24) is 5.32 Å². The van der Waals surface area contributed by atoms with Gasteiger partial charge in [0.1, 0.15) is 41.0 Å². The topological polar surface area (TPSA) is 288 Å². The van der Waals surface area contributed by atoms with Crippen LogP contribution >= 0.6 is 7.82 Å². The Kier molecular flexibility index (Phi) is 13.5. The van der Waals surface area contributed by atoms with Crippen LogP contribution in [0, 0.1) is 16.7 Å². The number of nitrogen functional groups attached to an aromatic ring is 1. The first-order valence-corrected chi connectivity index (χ1v) is 24.2. The Morgan fingerprint density at radius 3 is 2.10 bits per heavy atom. The molecule has 1 saturated heterocycles. The number of hydrogen-bond acceptors (Lipinski definition) is 15. The number of amides is 1. The number of rotatable bonds is 13. The Hall–Kier alpha value is -6.24. The molecule has 18 nitrogen and oxygen atoms in total. The van der Waals surface area contributed by atoms with Gasteiger partial charge in [-0.2, -0.15) is 0 Å². The summed E-state index contributed by atoms with van der Waals surface area (Å²) in [5.41, 5.74) is -0.319. The van der Waals surface area contributed by atoms with Crippen LogP contribution < -0.4 is 15.6 Å². The van der Waals surface area contributed by atoms with E-state index >= 15 is 4.79 Å². The predicted octanol–water partition coefficient (Wildman–Crippen LogP) is 4.47. The zero-order chi connectivity index (χ0) is 50.6. The molecule has 370 valence electrons. The normalized spacial score (nSPS) is 28.8. The average molecular weight is 983 g/mol. The van der Waals surface area contributed by atoms with E-state index in [2.05, 4.69) is 5.32 Å². The number of anilines is 1. The highest BCUT2D eigenvalue weighted by atomic mass is 31.2. The van der Waals surface area contributed by atoms with E-state index in [1.165, 1.54) is 43.3 Å². The first-order valence-electron chi connectivity index (χ1n) is 22.7. The van der Waals surface area contributed by atoms with Gasteiger partial charge in [0.15, 0.2) is 0 Å². The number of benzene rings is 4. The number of nitrogens with one attached hydrogen (secondary N) is 1. The number of carbonyl (C=O) groups is 5. The largest absolute Gasteiger partial charge is 0.524 e. The van der Waals surface area contributed by atoms with Crippen LogP contribution in [0.5, 0.6) is 5.75 Å². The maximum Gasteiger partial charge on any atom is 0.524 e. The van der Waals surface area contributed by atoms with Gasteiger partial charge in [-0.15, -0.1) is 0 Å². The van der Waals surface area contributed by atoms with E-state index in [9.17, 15) is 48.8 Å². The summed E-state index contributed by atoms with van der Waals surface area (Å²) in [5.74, 6) is -6.39. The monoisotopic (exact) mass is 982 g/mol. The lowest BCUT2D eigenvalue weighted by Crippen LogP contribution is -2.80. The lowest BCUT2D eigenvalue weighted by molar-refractivity contribution is -0.342. The standard InChI is InChI=1S/C51H55N2O16P/c1-28-34-24-37(54)49(4)38(55)25-39-50(60,27-65-39)43(49)44(68-46(58)31-18-12-7-13-19-31)51(61,48(34,2)3)26-36(28)66-47(59)42(67-40(56)23-32-22-33(52)20-21-35(32)69-70(62,63)64)41(29-14-8-5-9-15-29)53-45(57)30-16-10-6-11-17-30/h5-22,36,38-39,41-44,55,60-61H,23-27,52H2,1-4H3,(H,53,57)(H2,62,63,64)/t36?,38?,39?,41?,42?,43?,44?,49-,50?,51?/m1/s1. The Balaban J connectivity index is 1.23. The van der Waals surface area contributed by atoms with E-state index in [0.717, 1.165) is 6.07 Å². The molecule has 2 bridgehead atoms. The Bertz CT molecular complexity index is 2770. The third kappa shape index (κ3) is 9.16. The first-order chi connectivity index (χ1) is 33.0. The maximum absolute atomic E-state index is 15.2. The summed E-state index contributed by atoms with van der Waals surface area (Å²) in [6, 6.07) is 26.1. The van der Waals surface area contributed by atoms with Crippen molar-refractivity contribution >= 4 is 43.1 Å². The molecule has 3 aliphatic carbocycles. The SMILES string of the molecule is CC1=C2CC(=O)[C@]3(C)C(O)CC4OCC4(O)C3C(OC(=O)c3ccccc3)C(O)(CC1OC(=O)C(OC(=O)Cc1cc(N)ccc1OP(=O)(O)O)C(NC(=O)c1ccccc1)c1ccccc1)C2(C)C. The van der Waals surface area contributed by atoms with Crippen molar-refractivity contribution in [1.29, 1.82) is 0 Å². The van der Waals surface area contributed by atoms with E-state index in [-0.39, 0.29) is 41.0 Å². The predicted molar refractivity (Wildman–Crippen MR) is 248 cm³/mol. The van der Waals surface area contributed by atoms with Crippen LogP contribution in [0.3, 0.4) is 0 Å². The zero-order valence-corrected chi connectivity index (χ0v) is 39.6. The van der Waals surface area contributed by atoms with Gasteiger partial charge in [0.25, 0.3) is 5.91 Å². The van der Waals surface area contributed by atoms with Crippen molar-refractivity contribution in [3.05, 3.63) is 143 Å². The molecule has 8 N–H and O–H groups in total. The summed E-state index contributed by atoms with van der Waals surface area (Å²) in [6.45, 7) is 6.08. The Labute approximate surface area is 403 Å². The van der Waals surface area contributed by atoms with Crippen molar-refractivity contribution in [3.63, 3.8) is 0 Å². The highest BCUT2D eigenvalue weighted by molar-refractivity contribution is 7.46. The summed E-state index contributed by atoms with van der Waals surface area (Å²) in [5, 5.41) is 40.7. The van der Waals surface area contributed by atoms with Gasteiger partial charge < -0.3 is 49.8 Å². The number of ether oxygens (including phenoxy) is 4. The summed E-state index contributed by atoms with van der Waals surface area (Å²) in [7, 11) is -5.15. The van der Waals surface area contributed by atoms with E-state index < -0.39 is 127 Å². The highest BCUT2D eigenvalue weighted by Crippen LogP contribution is 2.63. The van der Waals surface area contributed by atoms with Crippen LogP contribution in [0.2, 0.25) is 0 Å². The Morgan fingerprint density at radius 2 is 1.50 bits per heavy atom. The zero-order valence-electron chi connectivity index (χ0n) is 38.7. The number of Topliss-reactive ketones (excluding diaryl/α,β-unsaturated/α-hetero) is 1. The highest BCUT2D eigenvalue weighted by Gasteiger charge is 2.75. The minimum absolute atomic E-state index is 0.0854. The Morgan fingerprint density at radius 1 is 0.886 bits per heavy atom. The number of ketones is 1. The van der Waals surface area contributed by atoms with Crippen molar-refractivity contribution in [2.75, 3.05) is 12.3 Å². The summed E-state index contributed by atoms with van der Waals surface area (Å²) < 4.78 is 41.1. The van der Waals surface area contributed by atoms with Crippen LogP contribution in [0.25, 0.3) is 0 Å². The van der Waals surface area contributed by atoms with Gasteiger partial charge in [-0.3, -0.25) is 24.2 Å². The van der Waals surface area contributed by atoms with Crippen molar-refractivity contribution in [2.24, 2.45) is 16.7 Å². The van der Waals surface area contributed by atoms with Gasteiger partial charge in [-0.1, -0.05) is 86.2 Å². The van der Waals surface area contributed by atoms with Crippen molar-refractivity contribution in [3.8, 4) is 5.75 Å². The summed E-state index contributed by atoms with van der Waals surface area (Å²) in [6.07, 6.45) is -9.43. The molecule has 0 spiro atoms. The smallest absolute Gasteiger partial charge is 0.455 e. The molecule has 0 radical (unpaired) electrons. The van der Waals surface area contributed by atoms with Crippen LogP contribution in [0.1, 0.15) is 84.8 Å². The third-order valence-corrected chi connectivity index (χ3v) is 15.2. The molecule has 10 atom stereocenters. The second-order valence-electron chi connectivity index (χ2n) is 19.2. The fourth-order valence-electron chi connectivity index (χ4n) is 10.8. The molecule has 4 aliphatic rings. The molecule has 19 heteroatoms. The van der Waals surface area contributed by atoms with E-state index in [1.54, 1.807) is 87.5 Å². The summed E-state index contributed by atoms with van der Waals surface area (Å²) >= 11 is 0. The van der Waals surface area contributed by atoms with Crippen LogP contribution in [0.4, 0.5) is 5.69 Å². The fourth-order valence-corrected chi connectivity index (χ4v) is 11.2. The van der Waals surface area contributed by atoms with Crippen molar-refractivity contribution in [2.45, 2.75) is 101 Å². The average Bonchev–Trinajstić information content (AvgIpc) is 3.32. The number of fused-ring (bicyclic) bond motifs is 5. The third-order valence-electron chi connectivity index (χ3n) is 14.8. The molecule has 0 aromatic heterocycles. The number of esters is 3. The number of carbonyl (C=O) groups excluding carboxylic acids is 5. The molecule has 1 amide bonds. The number of phosphoric acid groups is 1. The fraction of sp³-hybridized carbons (Fsp3) is 0.392. The molecule has 1 heterocycles. The van der Waals surface area contributed by atoms with E-state index in [4.69, 9.17) is 29.2 Å². The molecule has 70 heavy (non-hydrogen) atoms. The van der Waals surface area contributed by atoms with Gasteiger partial charge >= 0.3 is 25.7 Å². The molecule has 4 aromatic rings. The number of phosphoric ester groups is 1. The molecule has 1 aliphatic heterocycles. The van der Waals surface area contributed by atoms with Gasteiger partial charge in [0.05, 0.1) is 36.2 Å². The maximum atomic E-state index is 15.2. The second kappa shape index (κ2) is 18.8. The minimum Gasteiger partial charge on any atom is -0.455 e. The van der Waals surface area contributed by atoms with E-state index in [1.807, 2.05) is 0 Å². The molecule has 2 saturated carbocycles. The van der Waals surface area contributed by atoms with Crippen molar-refractivity contribution < 1.29 is 77.1 Å². The number of aliphatic hydroxyl groups is 3. The van der Waals surface area contributed by atoms with E-state index in [0.29, 0.717) is 11.1 Å². The van der Waals surface area contributed by atoms with Gasteiger partial charge in [0, 0.05) is 47.4 Å². The molecule has 9 unspecified atom stereocenters. The molecular weight excluding hydrogens is 928 g/mol. The quantitative estimate of drug-likeness (QED) is 0.0320. The molecular formula is C51H55N2O16P. The molecule has 3 fully saturated rings. The second-order valence-corrected chi connectivity index (χ2v) is 20.4. The van der Waals surface area contributed by atoms with Gasteiger partial charge in [-0.05, 0) is 67.4 Å². The van der Waals surface area contributed by atoms with Gasteiger partial charge in [0.2, 0.25) is 6.10 Å².